The number of carboxylic acids is 2. The molecule has 0 rings (SSSR count). The molecule has 0 aromatic carbocycles. The van der Waals surface area contributed by atoms with Crippen LogP contribution in [0.3, 0.4) is 0 Å². The molecule has 0 aromatic rings. The normalized spacial score (nSPS) is 15.2. The number of carbonyl (C=O) groups is 8. The number of aliphatic carboxylic acids is 2. The van der Waals surface area contributed by atoms with Gasteiger partial charge in [-0.15, -0.1) is 0 Å². The van der Waals surface area contributed by atoms with E-state index in [1.54, 1.807) is 0 Å². The summed E-state index contributed by atoms with van der Waals surface area (Å²) in [5.41, 5.74) is 21.4. The van der Waals surface area contributed by atoms with Crippen LogP contribution < -0.4 is 49.5 Å². The summed E-state index contributed by atoms with van der Waals surface area (Å²) in [6, 6.07) is -9.42. The molecule has 0 bridgehead atoms. The molecule has 0 aliphatic heterocycles. The molecule has 0 saturated heterocycles. The van der Waals surface area contributed by atoms with Crippen molar-refractivity contribution in [1.82, 2.24) is 26.6 Å². The van der Waals surface area contributed by atoms with E-state index in [1.807, 2.05) is 5.32 Å². The lowest BCUT2D eigenvalue weighted by Crippen LogP contribution is -2.61. The Morgan fingerprint density at radius 2 is 1.28 bits per heavy atom. The Bertz CT molecular complexity index is 1180. The largest absolute Gasteiger partial charge is 0.481 e. The molecule has 22 nitrogen and oxygen atoms in total. The molecule has 22 heteroatoms. The minimum Gasteiger partial charge on any atom is -0.481 e. The molecule has 0 aromatic heterocycles. The van der Waals surface area contributed by atoms with Crippen LogP contribution in [0.2, 0.25) is 0 Å². The lowest BCUT2D eigenvalue weighted by Gasteiger charge is -2.27. The number of hydrogen-bond acceptors (Lipinski definition) is 12. The van der Waals surface area contributed by atoms with Crippen molar-refractivity contribution in [2.45, 2.75) is 88.3 Å². The zero-order chi connectivity index (χ0) is 36.4. The number of aliphatic hydroxyl groups excluding tert-OH is 2. The van der Waals surface area contributed by atoms with Crippen molar-refractivity contribution in [3.8, 4) is 0 Å². The third kappa shape index (κ3) is 16.7. The van der Waals surface area contributed by atoms with Gasteiger partial charge in [-0.3, -0.25) is 38.6 Å². The molecule has 7 atom stereocenters. The summed E-state index contributed by atoms with van der Waals surface area (Å²) in [7, 11) is 0. The Labute approximate surface area is 268 Å². The minimum absolute atomic E-state index is 0.138. The summed E-state index contributed by atoms with van der Waals surface area (Å²) in [6.07, 6.45) is -3.20. The third-order valence-corrected chi connectivity index (χ3v) is 6.23. The van der Waals surface area contributed by atoms with Crippen molar-refractivity contribution >= 4 is 53.3 Å². The van der Waals surface area contributed by atoms with E-state index in [-0.39, 0.29) is 18.9 Å². The quantitative estimate of drug-likeness (QED) is 0.0288. The van der Waals surface area contributed by atoms with E-state index in [0.717, 1.165) is 6.92 Å². The molecule has 47 heavy (non-hydrogen) atoms. The second kappa shape index (κ2) is 20.8. The van der Waals surface area contributed by atoms with E-state index in [1.165, 1.54) is 6.92 Å². The number of hydrogen-bond donors (Lipinski definition) is 13. The number of guanidine groups is 1. The highest BCUT2D eigenvalue weighted by Gasteiger charge is 2.34. The summed E-state index contributed by atoms with van der Waals surface area (Å²) in [6.45, 7) is 1.48. The van der Waals surface area contributed by atoms with Crippen molar-refractivity contribution in [2.75, 3.05) is 13.2 Å². The fourth-order valence-corrected chi connectivity index (χ4v) is 3.66. The maximum absolute atomic E-state index is 13.1. The molecule has 0 aliphatic carbocycles. The molecule has 0 aliphatic rings. The molecule has 0 saturated carbocycles. The smallest absolute Gasteiger partial charge is 0.328 e. The molecule has 0 heterocycles. The van der Waals surface area contributed by atoms with Crippen molar-refractivity contribution in [1.29, 1.82) is 0 Å². The third-order valence-electron chi connectivity index (χ3n) is 6.23. The number of carboxylic acid groups (broad SMARTS) is 2. The first-order valence-corrected chi connectivity index (χ1v) is 14.1. The molecule has 6 amide bonds. The zero-order valence-electron chi connectivity index (χ0n) is 25.8. The SMILES string of the molecule is C[C@H](NC(=O)[C@@H](N)CCCN=C(N)N)C(=O)N[C@@H](CC(N)=O)C(=O)N[C@H](C(=O)N[C@@H](CCC(=O)O)C(=O)N[C@@H](CO)C(=O)O)[C@@H](C)O. The monoisotopic (exact) mass is 676 g/mol. The average molecular weight is 677 g/mol. The van der Waals surface area contributed by atoms with Gasteiger partial charge in [0, 0.05) is 13.0 Å². The van der Waals surface area contributed by atoms with Gasteiger partial charge >= 0.3 is 11.9 Å². The van der Waals surface area contributed by atoms with E-state index in [2.05, 4.69) is 26.3 Å². The number of nitrogens with two attached hydrogens (primary N) is 4. The first-order chi connectivity index (χ1) is 21.8. The highest BCUT2D eigenvalue weighted by atomic mass is 16.4. The number of nitrogens with one attached hydrogen (secondary N) is 5. The highest BCUT2D eigenvalue weighted by molar-refractivity contribution is 5.98. The Balaban J connectivity index is 5.68. The molecule has 17 N–H and O–H groups in total. The van der Waals surface area contributed by atoms with Gasteiger partial charge in [-0.2, -0.15) is 0 Å². The summed E-state index contributed by atoms with van der Waals surface area (Å²) >= 11 is 0. The first-order valence-electron chi connectivity index (χ1n) is 14.1. The van der Waals surface area contributed by atoms with E-state index in [0.29, 0.717) is 6.42 Å². The van der Waals surface area contributed by atoms with Crippen LogP contribution in [-0.4, -0.2) is 129 Å². The van der Waals surface area contributed by atoms with Gasteiger partial charge in [0.05, 0.1) is 25.2 Å². The fourth-order valence-electron chi connectivity index (χ4n) is 3.66. The van der Waals surface area contributed by atoms with Crippen molar-refractivity contribution in [3.05, 3.63) is 0 Å². The number of amides is 6. The average Bonchev–Trinajstić information content (AvgIpc) is 2.96. The van der Waals surface area contributed by atoms with Crippen molar-refractivity contribution < 1.29 is 58.8 Å². The van der Waals surface area contributed by atoms with Crippen LogP contribution in [0, 0.1) is 0 Å². The van der Waals surface area contributed by atoms with Crippen LogP contribution in [0.15, 0.2) is 4.99 Å². The van der Waals surface area contributed by atoms with Gasteiger partial charge < -0.3 is 69.9 Å². The topological polar surface area (TPSA) is 394 Å². The maximum atomic E-state index is 13.1. The van der Waals surface area contributed by atoms with Crippen LogP contribution in [0.4, 0.5) is 0 Å². The van der Waals surface area contributed by atoms with E-state index >= 15 is 0 Å². The second-order valence-corrected chi connectivity index (χ2v) is 10.3. The van der Waals surface area contributed by atoms with Gasteiger partial charge in [0.15, 0.2) is 5.96 Å². The zero-order valence-corrected chi connectivity index (χ0v) is 25.8. The minimum atomic E-state index is -1.86. The number of carbonyl (C=O) groups excluding carboxylic acids is 6. The summed E-state index contributed by atoms with van der Waals surface area (Å²) in [5, 5.41) is 48.1. The molecular formula is C25H44N10O12. The standard InChI is InChI=1S/C25H44N10O12/c1-10(31-20(42)12(26)4-3-7-30-25(28)29)19(41)33-14(8-16(27)38)22(44)35-18(11(2)37)23(45)32-13(5-6-17(39)40)21(43)34-15(9-36)24(46)47/h10-15,18,36-37H,3-9,26H2,1-2H3,(H2,27,38)(H,31,42)(H,32,45)(H,33,41)(H,34,43)(H,35,44)(H,39,40)(H,46,47)(H4,28,29,30)/t10-,11+,12-,13-,14-,15-,18-/m0/s1. The lowest BCUT2D eigenvalue weighted by molar-refractivity contribution is -0.144. The van der Waals surface area contributed by atoms with Crippen molar-refractivity contribution in [2.24, 2.45) is 27.9 Å². The predicted octanol–water partition coefficient (Wildman–Crippen LogP) is -6.99. The Kier molecular flexibility index (Phi) is 18.6. The van der Waals surface area contributed by atoms with Crippen molar-refractivity contribution in [3.63, 3.8) is 0 Å². The molecule has 0 spiro atoms. The predicted molar refractivity (Wildman–Crippen MR) is 160 cm³/mol. The van der Waals surface area contributed by atoms with Gasteiger partial charge in [-0.05, 0) is 33.1 Å². The van der Waals surface area contributed by atoms with Crippen LogP contribution in [0.1, 0.15) is 46.0 Å². The highest BCUT2D eigenvalue weighted by Crippen LogP contribution is 2.04. The van der Waals surface area contributed by atoms with Gasteiger partial charge in [-0.25, -0.2) is 4.79 Å². The summed E-state index contributed by atoms with van der Waals surface area (Å²) < 4.78 is 0. The maximum Gasteiger partial charge on any atom is 0.328 e. The Morgan fingerprint density at radius 1 is 0.723 bits per heavy atom. The van der Waals surface area contributed by atoms with E-state index in [9.17, 15) is 43.5 Å². The number of primary amides is 1. The lowest BCUT2D eigenvalue weighted by atomic mass is 10.1. The summed E-state index contributed by atoms with van der Waals surface area (Å²) in [4.78, 5) is 101. The number of aliphatic hydroxyl groups is 2. The number of aliphatic imine (C=N–C) groups is 1. The molecule has 266 valence electrons. The summed E-state index contributed by atoms with van der Waals surface area (Å²) in [5.74, 6) is -9.54. The van der Waals surface area contributed by atoms with Crippen LogP contribution in [0.5, 0.6) is 0 Å². The first kappa shape index (κ1) is 41.9. The second-order valence-electron chi connectivity index (χ2n) is 10.3. The van der Waals surface area contributed by atoms with E-state index in [4.69, 9.17) is 38.3 Å². The Morgan fingerprint density at radius 3 is 1.77 bits per heavy atom. The van der Waals surface area contributed by atoms with Gasteiger partial charge in [0.2, 0.25) is 35.4 Å². The fraction of sp³-hybridized carbons (Fsp3) is 0.640. The number of rotatable bonds is 22. The molecule has 0 radical (unpaired) electrons. The van der Waals surface area contributed by atoms with Gasteiger partial charge in [0.1, 0.15) is 30.2 Å². The van der Waals surface area contributed by atoms with Gasteiger partial charge in [0.25, 0.3) is 0 Å². The Hall–Kier alpha value is -5.09. The van der Waals surface area contributed by atoms with Crippen LogP contribution in [-0.2, 0) is 38.4 Å². The van der Waals surface area contributed by atoms with Crippen LogP contribution >= 0.6 is 0 Å². The number of nitrogens with zero attached hydrogens (tertiary/aromatic N) is 1. The molecule has 0 unspecified atom stereocenters. The molecular weight excluding hydrogens is 632 g/mol. The van der Waals surface area contributed by atoms with Crippen LogP contribution in [0.25, 0.3) is 0 Å². The van der Waals surface area contributed by atoms with Gasteiger partial charge in [-0.1, -0.05) is 0 Å². The van der Waals surface area contributed by atoms with E-state index < -0.39 is 116 Å². The molecule has 0 fully saturated rings.